The van der Waals surface area contributed by atoms with Crippen molar-refractivity contribution in [3.05, 3.63) is 0 Å². The summed E-state index contributed by atoms with van der Waals surface area (Å²) in [4.78, 5) is 0. The summed E-state index contributed by atoms with van der Waals surface area (Å²) in [6, 6.07) is 0. The van der Waals surface area contributed by atoms with Gasteiger partial charge in [0.1, 0.15) is 0 Å². The van der Waals surface area contributed by atoms with Gasteiger partial charge in [-0.3, -0.25) is 5.84 Å². The molecule has 1 rings (SSSR count). The number of rotatable bonds is 1. The predicted octanol–water partition coefficient (Wildman–Crippen LogP) is 0.821. The van der Waals surface area contributed by atoms with E-state index in [1.165, 1.54) is 0 Å². The number of nitrogens with one attached hydrogen (secondary N) is 1. The van der Waals surface area contributed by atoms with Crippen molar-refractivity contribution in [3.8, 4) is 0 Å². The van der Waals surface area contributed by atoms with Crippen LogP contribution < -0.4 is 11.3 Å². The second-order valence-corrected chi connectivity index (χ2v) is 2.95. The molecule has 0 aromatic heterocycles. The van der Waals surface area contributed by atoms with E-state index in [9.17, 15) is 13.2 Å². The number of hydrogen-bond donors (Lipinski definition) is 2. The fourth-order valence-electron chi connectivity index (χ4n) is 0.513. The van der Waals surface area contributed by atoms with Crippen LogP contribution >= 0.6 is 11.8 Å². The van der Waals surface area contributed by atoms with Crippen molar-refractivity contribution >= 4 is 11.8 Å². The molecule has 1 aliphatic heterocycles. The summed E-state index contributed by atoms with van der Waals surface area (Å²) in [5, 5.41) is 4.44. The minimum Gasteiger partial charge on any atom is -0.269 e. The lowest BCUT2D eigenvalue weighted by atomic mass is 10.7. The molecule has 0 aromatic rings. The number of nitrogens with zero attached hydrogens (tertiary/aromatic N) is 2. The molecule has 11 heavy (non-hydrogen) atoms. The van der Waals surface area contributed by atoms with E-state index in [1.807, 2.05) is 0 Å². The van der Waals surface area contributed by atoms with Gasteiger partial charge in [-0.15, -0.1) is 0 Å². The highest BCUT2D eigenvalue weighted by atomic mass is 32.2. The first-order valence-corrected chi connectivity index (χ1v) is 3.56. The highest BCUT2D eigenvalue weighted by molar-refractivity contribution is 8.00. The average molecular weight is 186 g/mol. The van der Waals surface area contributed by atoms with Crippen molar-refractivity contribution in [2.75, 3.05) is 0 Å². The molecule has 64 valence electrons. The van der Waals surface area contributed by atoms with E-state index in [0.29, 0.717) is 11.8 Å². The third kappa shape index (κ3) is 2.04. The Morgan fingerprint density at radius 2 is 2.00 bits per heavy atom. The average Bonchev–Trinajstić information content (AvgIpc) is 2.32. The van der Waals surface area contributed by atoms with Crippen molar-refractivity contribution in [2.45, 2.75) is 17.0 Å². The van der Waals surface area contributed by atoms with Gasteiger partial charge in [0.15, 0.2) is 5.50 Å². The maximum Gasteiger partial charge on any atom is 0.422 e. The number of azo groups is 1. The zero-order valence-corrected chi connectivity index (χ0v) is 5.99. The van der Waals surface area contributed by atoms with Crippen LogP contribution in [0.25, 0.3) is 0 Å². The summed E-state index contributed by atoms with van der Waals surface area (Å²) in [5.74, 6) is 4.85. The van der Waals surface area contributed by atoms with Crippen LogP contribution in [-0.2, 0) is 0 Å². The van der Waals surface area contributed by atoms with Gasteiger partial charge in [-0.1, -0.05) is 11.8 Å². The number of hydrogen-bond acceptors (Lipinski definition) is 5. The van der Waals surface area contributed by atoms with Crippen LogP contribution in [0.2, 0.25) is 0 Å². The van der Waals surface area contributed by atoms with E-state index in [-0.39, 0.29) is 0 Å². The Kier molecular flexibility index (Phi) is 2.35. The third-order valence-electron chi connectivity index (χ3n) is 0.957. The van der Waals surface area contributed by atoms with Gasteiger partial charge < -0.3 is 0 Å². The topological polar surface area (TPSA) is 62.8 Å². The van der Waals surface area contributed by atoms with Gasteiger partial charge in [0.05, 0.1) is 0 Å². The van der Waals surface area contributed by atoms with E-state index in [4.69, 9.17) is 5.84 Å². The summed E-state index contributed by atoms with van der Waals surface area (Å²) in [5.41, 5.74) is 1.29. The standard InChI is InChI=1S/C3H5F3N4S/c4-3(5,6)1-9-10-2(8-7)11-1/h1-2,8H,7H2. The Balaban J connectivity index is 2.50. The molecule has 0 fully saturated rings. The molecule has 0 radical (unpaired) electrons. The molecule has 2 unspecified atom stereocenters. The Morgan fingerprint density at radius 3 is 2.27 bits per heavy atom. The molecule has 3 N–H and O–H groups in total. The normalized spacial score (nSPS) is 31.3. The molecule has 0 saturated carbocycles. The van der Waals surface area contributed by atoms with Gasteiger partial charge in [0, 0.05) is 0 Å². The zero-order chi connectivity index (χ0) is 8.48. The second-order valence-electron chi connectivity index (χ2n) is 1.78. The molecule has 0 bridgehead atoms. The SMILES string of the molecule is NNC1N=NC(C(F)(F)F)S1. The van der Waals surface area contributed by atoms with E-state index < -0.39 is 17.0 Å². The second kappa shape index (κ2) is 2.95. The molecule has 1 heterocycles. The minimum atomic E-state index is -4.33. The van der Waals surface area contributed by atoms with Crippen molar-refractivity contribution in [2.24, 2.45) is 16.1 Å². The number of nitrogens with two attached hydrogens (primary N) is 1. The van der Waals surface area contributed by atoms with Crippen LogP contribution in [0, 0.1) is 0 Å². The van der Waals surface area contributed by atoms with E-state index in [0.717, 1.165) is 0 Å². The van der Waals surface area contributed by atoms with Crippen LogP contribution in [0.5, 0.6) is 0 Å². The summed E-state index contributed by atoms with van der Waals surface area (Å²) in [6.45, 7) is 0. The van der Waals surface area contributed by atoms with Crippen LogP contribution in [0.3, 0.4) is 0 Å². The first kappa shape index (κ1) is 8.75. The van der Waals surface area contributed by atoms with Crippen LogP contribution in [0.1, 0.15) is 0 Å². The monoisotopic (exact) mass is 186 g/mol. The van der Waals surface area contributed by atoms with Crippen molar-refractivity contribution in [3.63, 3.8) is 0 Å². The third-order valence-corrected chi connectivity index (χ3v) is 2.06. The molecule has 8 heteroatoms. The molecule has 0 saturated heterocycles. The Morgan fingerprint density at radius 1 is 1.36 bits per heavy atom. The van der Waals surface area contributed by atoms with Crippen molar-refractivity contribution in [1.82, 2.24) is 5.43 Å². The molecule has 2 atom stereocenters. The van der Waals surface area contributed by atoms with Gasteiger partial charge in [-0.2, -0.15) is 23.4 Å². The lowest BCUT2D eigenvalue weighted by molar-refractivity contribution is -0.127. The quantitative estimate of drug-likeness (QED) is 0.470. The molecular formula is C3H5F3N4S. The summed E-state index contributed by atoms with van der Waals surface area (Å²) in [7, 11) is 0. The Bertz CT molecular complexity index is 168. The largest absolute Gasteiger partial charge is 0.422 e. The summed E-state index contributed by atoms with van der Waals surface area (Å²) >= 11 is 0.523. The van der Waals surface area contributed by atoms with Gasteiger partial charge in [0.2, 0.25) is 5.37 Å². The summed E-state index contributed by atoms with van der Waals surface area (Å²) in [6.07, 6.45) is -4.33. The highest BCUT2D eigenvalue weighted by Gasteiger charge is 2.44. The molecule has 4 nitrogen and oxygen atoms in total. The molecule has 1 aliphatic rings. The van der Waals surface area contributed by atoms with Gasteiger partial charge >= 0.3 is 6.18 Å². The maximum absolute atomic E-state index is 11.8. The van der Waals surface area contributed by atoms with E-state index in [2.05, 4.69) is 15.7 Å². The highest BCUT2D eigenvalue weighted by Crippen LogP contribution is 2.37. The van der Waals surface area contributed by atoms with Crippen LogP contribution in [0.4, 0.5) is 13.2 Å². The first-order chi connectivity index (χ1) is 5.04. The van der Waals surface area contributed by atoms with E-state index in [1.54, 1.807) is 0 Å². The molecule has 0 spiro atoms. The number of thioether (sulfide) groups is 1. The minimum absolute atomic E-state index is 0.523. The molecular weight excluding hydrogens is 181 g/mol. The molecule has 0 aliphatic carbocycles. The van der Waals surface area contributed by atoms with Crippen LogP contribution in [-0.4, -0.2) is 17.0 Å². The van der Waals surface area contributed by atoms with Gasteiger partial charge in [-0.25, -0.2) is 5.43 Å². The van der Waals surface area contributed by atoms with E-state index >= 15 is 0 Å². The molecule has 0 aromatic carbocycles. The van der Waals surface area contributed by atoms with Crippen molar-refractivity contribution < 1.29 is 13.2 Å². The number of hydrazine groups is 1. The zero-order valence-electron chi connectivity index (χ0n) is 5.17. The Labute approximate surface area is 64.4 Å². The maximum atomic E-state index is 11.8. The van der Waals surface area contributed by atoms with Gasteiger partial charge in [0.25, 0.3) is 0 Å². The first-order valence-electron chi connectivity index (χ1n) is 2.62. The van der Waals surface area contributed by atoms with Crippen molar-refractivity contribution in [1.29, 1.82) is 0 Å². The fourth-order valence-corrected chi connectivity index (χ4v) is 1.21. The van der Waals surface area contributed by atoms with Crippen LogP contribution in [0.15, 0.2) is 10.2 Å². The van der Waals surface area contributed by atoms with Gasteiger partial charge in [-0.05, 0) is 0 Å². The Hall–Kier alpha value is -0.340. The number of alkyl halides is 3. The smallest absolute Gasteiger partial charge is 0.269 e. The summed E-state index contributed by atoms with van der Waals surface area (Å²) < 4.78 is 35.5. The lowest BCUT2D eigenvalue weighted by Crippen LogP contribution is -2.31. The molecule has 0 amide bonds. The lowest BCUT2D eigenvalue weighted by Gasteiger charge is -2.10. The fraction of sp³-hybridized carbons (Fsp3) is 1.00. The number of halogens is 3. The predicted molar refractivity (Wildman–Crippen MR) is 33.4 cm³/mol.